The summed E-state index contributed by atoms with van der Waals surface area (Å²) in [7, 11) is 1.66. The molecule has 0 spiro atoms. The quantitative estimate of drug-likeness (QED) is 0.736. The predicted octanol–water partition coefficient (Wildman–Crippen LogP) is 2.68. The highest BCUT2D eigenvalue weighted by Crippen LogP contribution is 2.45. The Labute approximate surface area is 110 Å². The van der Waals surface area contributed by atoms with Gasteiger partial charge in [0.2, 0.25) is 5.91 Å². The van der Waals surface area contributed by atoms with E-state index in [0.717, 1.165) is 5.56 Å². The molecule has 17 heavy (non-hydrogen) atoms. The van der Waals surface area contributed by atoms with E-state index in [1.54, 1.807) is 26.1 Å². The second kappa shape index (κ2) is 3.90. The summed E-state index contributed by atoms with van der Waals surface area (Å²) in [6.07, 6.45) is 0. The van der Waals surface area contributed by atoms with Gasteiger partial charge in [-0.15, -0.1) is 11.6 Å². The van der Waals surface area contributed by atoms with Crippen molar-refractivity contribution in [2.45, 2.75) is 12.3 Å². The number of likely N-dealkylation sites (N-methyl/N-ethyl adjacent to an activating group) is 1. The number of anilines is 1. The van der Waals surface area contributed by atoms with Crippen molar-refractivity contribution in [3.8, 4) is 6.07 Å². The van der Waals surface area contributed by atoms with Crippen LogP contribution in [0.15, 0.2) is 12.1 Å². The molecule has 1 aromatic carbocycles. The number of rotatable bonds is 1. The molecular weight excluding hydrogens is 259 g/mol. The molecule has 0 saturated heterocycles. The Hall–Kier alpha value is -1.24. The van der Waals surface area contributed by atoms with Crippen LogP contribution in [0.25, 0.3) is 0 Å². The third-order valence-electron chi connectivity index (χ3n) is 3.17. The van der Waals surface area contributed by atoms with E-state index < -0.39 is 5.41 Å². The number of amides is 1. The molecule has 1 aromatic rings. The predicted molar refractivity (Wildman–Crippen MR) is 67.6 cm³/mol. The van der Waals surface area contributed by atoms with Crippen LogP contribution >= 0.6 is 23.2 Å². The van der Waals surface area contributed by atoms with E-state index in [1.807, 2.05) is 6.07 Å². The average Bonchev–Trinajstić information content (AvgIpc) is 2.52. The van der Waals surface area contributed by atoms with E-state index in [-0.39, 0.29) is 11.8 Å². The number of halogens is 2. The van der Waals surface area contributed by atoms with Gasteiger partial charge in [-0.3, -0.25) is 4.79 Å². The van der Waals surface area contributed by atoms with Crippen LogP contribution in [0.1, 0.15) is 18.1 Å². The molecule has 0 bridgehead atoms. The second-order valence-electron chi connectivity index (χ2n) is 4.30. The maximum absolute atomic E-state index is 12.2. The fraction of sp³-hybridized carbons (Fsp3) is 0.333. The molecule has 2 rings (SSSR count). The number of nitriles is 1. The van der Waals surface area contributed by atoms with Crippen molar-refractivity contribution in [1.29, 1.82) is 5.26 Å². The Morgan fingerprint density at radius 2 is 2.18 bits per heavy atom. The zero-order chi connectivity index (χ0) is 12.8. The van der Waals surface area contributed by atoms with Gasteiger partial charge >= 0.3 is 0 Å². The third kappa shape index (κ3) is 1.52. The van der Waals surface area contributed by atoms with Gasteiger partial charge in [0.15, 0.2) is 0 Å². The lowest BCUT2D eigenvalue weighted by molar-refractivity contribution is -0.121. The zero-order valence-electron chi connectivity index (χ0n) is 9.42. The fourth-order valence-electron chi connectivity index (χ4n) is 2.14. The van der Waals surface area contributed by atoms with Gasteiger partial charge in [-0.2, -0.15) is 5.26 Å². The number of alkyl halides is 1. The molecule has 0 radical (unpaired) electrons. The second-order valence-corrected chi connectivity index (χ2v) is 4.97. The van der Waals surface area contributed by atoms with Crippen molar-refractivity contribution in [3.63, 3.8) is 0 Å². The summed E-state index contributed by atoms with van der Waals surface area (Å²) in [6, 6.07) is 5.28. The van der Waals surface area contributed by atoms with Crippen molar-refractivity contribution < 1.29 is 4.79 Å². The van der Waals surface area contributed by atoms with Crippen LogP contribution in [0.5, 0.6) is 0 Å². The lowest BCUT2D eigenvalue weighted by Gasteiger charge is -2.19. The molecule has 1 amide bonds. The van der Waals surface area contributed by atoms with Crippen LogP contribution in [0.2, 0.25) is 5.02 Å². The smallest absolute Gasteiger partial charge is 0.238 e. The van der Waals surface area contributed by atoms with Crippen molar-refractivity contribution in [2.75, 3.05) is 17.8 Å². The SMILES string of the molecule is CN1C(=O)C(C)(CCl)c2cc(C#N)cc(Cl)c21. The van der Waals surface area contributed by atoms with Crippen LogP contribution in [0.3, 0.4) is 0 Å². The van der Waals surface area contributed by atoms with E-state index in [1.165, 1.54) is 4.90 Å². The number of carbonyl (C=O) groups is 1. The number of hydrogen-bond donors (Lipinski definition) is 0. The summed E-state index contributed by atoms with van der Waals surface area (Å²) in [6.45, 7) is 1.77. The minimum absolute atomic E-state index is 0.0977. The first-order chi connectivity index (χ1) is 7.95. The first-order valence-corrected chi connectivity index (χ1v) is 5.95. The molecule has 1 aliphatic heterocycles. The van der Waals surface area contributed by atoms with Gasteiger partial charge in [-0.1, -0.05) is 11.6 Å². The minimum atomic E-state index is -0.803. The topological polar surface area (TPSA) is 44.1 Å². The third-order valence-corrected chi connectivity index (χ3v) is 3.99. The van der Waals surface area contributed by atoms with E-state index in [2.05, 4.69) is 0 Å². The molecule has 5 heteroatoms. The lowest BCUT2D eigenvalue weighted by Crippen LogP contribution is -2.37. The Morgan fingerprint density at radius 1 is 1.53 bits per heavy atom. The maximum atomic E-state index is 12.2. The number of hydrogen-bond acceptors (Lipinski definition) is 2. The Bertz CT molecular complexity index is 550. The molecule has 0 saturated carbocycles. The van der Waals surface area contributed by atoms with Crippen LogP contribution in [-0.4, -0.2) is 18.8 Å². The number of fused-ring (bicyclic) bond motifs is 1. The van der Waals surface area contributed by atoms with Gasteiger partial charge in [-0.25, -0.2) is 0 Å². The molecule has 1 unspecified atom stereocenters. The number of carbonyl (C=O) groups excluding carboxylic acids is 1. The molecular formula is C12H10Cl2N2O. The Morgan fingerprint density at radius 3 is 2.71 bits per heavy atom. The van der Waals surface area contributed by atoms with E-state index in [4.69, 9.17) is 28.5 Å². The minimum Gasteiger partial charge on any atom is -0.313 e. The van der Waals surface area contributed by atoms with Gasteiger partial charge in [-0.05, 0) is 24.6 Å². The van der Waals surface area contributed by atoms with Crippen molar-refractivity contribution in [3.05, 3.63) is 28.3 Å². The van der Waals surface area contributed by atoms with Crippen molar-refractivity contribution in [2.24, 2.45) is 0 Å². The number of nitrogens with zero attached hydrogens (tertiary/aromatic N) is 2. The van der Waals surface area contributed by atoms with E-state index in [0.29, 0.717) is 16.3 Å². The van der Waals surface area contributed by atoms with Gasteiger partial charge in [0, 0.05) is 12.9 Å². The van der Waals surface area contributed by atoms with E-state index >= 15 is 0 Å². The van der Waals surface area contributed by atoms with Crippen molar-refractivity contribution in [1.82, 2.24) is 0 Å². The molecule has 0 aliphatic carbocycles. The van der Waals surface area contributed by atoms with Crippen molar-refractivity contribution >= 4 is 34.8 Å². The highest BCUT2D eigenvalue weighted by molar-refractivity contribution is 6.35. The molecule has 1 heterocycles. The summed E-state index contributed by atoms with van der Waals surface area (Å²) in [5, 5.41) is 9.33. The molecule has 0 fully saturated rings. The highest BCUT2D eigenvalue weighted by atomic mass is 35.5. The summed E-state index contributed by atoms with van der Waals surface area (Å²) in [5.41, 5.74) is 1.01. The molecule has 0 N–H and O–H groups in total. The molecule has 88 valence electrons. The lowest BCUT2D eigenvalue weighted by atomic mass is 9.85. The Balaban J connectivity index is 2.77. The summed E-state index contributed by atoms with van der Waals surface area (Å²) in [4.78, 5) is 13.7. The van der Waals surface area contributed by atoms with Gasteiger partial charge < -0.3 is 4.90 Å². The first kappa shape index (κ1) is 12.2. The van der Waals surface area contributed by atoms with Crippen LogP contribution in [-0.2, 0) is 10.2 Å². The van der Waals surface area contributed by atoms with E-state index in [9.17, 15) is 4.79 Å². The zero-order valence-corrected chi connectivity index (χ0v) is 10.9. The molecule has 1 atom stereocenters. The normalized spacial score (nSPS) is 22.5. The standard InChI is InChI=1S/C12H10Cl2N2O/c1-12(6-13)8-3-7(5-15)4-9(14)10(8)16(2)11(12)17/h3-4H,6H2,1-2H3. The maximum Gasteiger partial charge on any atom is 0.238 e. The molecule has 3 nitrogen and oxygen atoms in total. The van der Waals surface area contributed by atoms with Crippen LogP contribution in [0, 0.1) is 11.3 Å². The summed E-state index contributed by atoms with van der Waals surface area (Å²) >= 11 is 12.0. The monoisotopic (exact) mass is 268 g/mol. The Kier molecular flexibility index (Phi) is 2.81. The van der Waals surface area contributed by atoms with Crippen LogP contribution < -0.4 is 4.90 Å². The van der Waals surface area contributed by atoms with Crippen LogP contribution in [0.4, 0.5) is 5.69 Å². The highest BCUT2D eigenvalue weighted by Gasteiger charge is 2.46. The largest absolute Gasteiger partial charge is 0.313 e. The fourth-order valence-corrected chi connectivity index (χ4v) is 2.75. The first-order valence-electron chi connectivity index (χ1n) is 5.04. The van der Waals surface area contributed by atoms with Gasteiger partial charge in [0.1, 0.15) is 0 Å². The van der Waals surface area contributed by atoms with Gasteiger partial charge in [0.25, 0.3) is 0 Å². The summed E-state index contributed by atoms with van der Waals surface area (Å²) < 4.78 is 0. The average molecular weight is 269 g/mol. The molecule has 1 aliphatic rings. The number of benzene rings is 1. The summed E-state index contributed by atoms with van der Waals surface area (Å²) in [5.74, 6) is 0.0634. The van der Waals surface area contributed by atoms with Gasteiger partial charge in [0.05, 0.1) is 27.8 Å². The molecule has 0 aromatic heterocycles.